The molecule has 0 aliphatic heterocycles. The maximum absolute atomic E-state index is 5.39. The number of nitrogens with zero attached hydrogens (tertiary/aromatic N) is 2. The average Bonchev–Trinajstić information content (AvgIpc) is 2.40. The van der Waals surface area contributed by atoms with Crippen LogP contribution in [0.5, 0.6) is 5.75 Å². The molecule has 0 aliphatic carbocycles. The number of aromatic nitrogens is 2. The third-order valence-corrected chi connectivity index (χ3v) is 2.65. The summed E-state index contributed by atoms with van der Waals surface area (Å²) in [4.78, 5) is 8.73. The molecular formula is C14H17N3O. The molecule has 0 radical (unpaired) electrons. The van der Waals surface area contributed by atoms with Crippen LogP contribution in [0.25, 0.3) is 11.3 Å². The standard InChI is InChI=1S/C14H17N3O/c1-4-15-14-13(16-7-8-17-14)11-9-10(2)5-6-12(11)18-3/h5-9H,4H2,1-3H3,(H,15,17). The van der Waals surface area contributed by atoms with Crippen molar-refractivity contribution in [2.75, 3.05) is 19.0 Å². The number of nitrogens with one attached hydrogen (secondary N) is 1. The molecule has 1 aromatic carbocycles. The third-order valence-electron chi connectivity index (χ3n) is 2.65. The van der Waals surface area contributed by atoms with Crippen LogP contribution in [0.15, 0.2) is 30.6 Å². The topological polar surface area (TPSA) is 47.0 Å². The number of aryl methyl sites for hydroxylation is 1. The van der Waals surface area contributed by atoms with E-state index in [9.17, 15) is 0 Å². The lowest BCUT2D eigenvalue weighted by Crippen LogP contribution is -2.03. The Morgan fingerprint density at radius 3 is 2.72 bits per heavy atom. The Balaban J connectivity index is 2.57. The maximum atomic E-state index is 5.39. The first-order chi connectivity index (χ1) is 8.76. The molecular weight excluding hydrogens is 226 g/mol. The molecule has 0 amide bonds. The quantitative estimate of drug-likeness (QED) is 0.897. The second-order valence-electron chi connectivity index (χ2n) is 3.99. The van der Waals surface area contributed by atoms with Crippen LogP contribution >= 0.6 is 0 Å². The van der Waals surface area contributed by atoms with Crippen molar-refractivity contribution in [1.82, 2.24) is 9.97 Å². The Morgan fingerprint density at radius 2 is 2.00 bits per heavy atom. The van der Waals surface area contributed by atoms with E-state index >= 15 is 0 Å². The van der Waals surface area contributed by atoms with Crippen LogP contribution in [0.4, 0.5) is 5.82 Å². The van der Waals surface area contributed by atoms with Gasteiger partial charge < -0.3 is 10.1 Å². The van der Waals surface area contributed by atoms with Crippen molar-refractivity contribution in [3.63, 3.8) is 0 Å². The zero-order valence-electron chi connectivity index (χ0n) is 10.9. The number of hydrogen-bond acceptors (Lipinski definition) is 4. The molecule has 0 unspecified atom stereocenters. The number of anilines is 1. The fourth-order valence-electron chi connectivity index (χ4n) is 1.84. The van der Waals surface area contributed by atoms with Crippen molar-refractivity contribution in [2.45, 2.75) is 13.8 Å². The number of rotatable bonds is 4. The molecule has 0 saturated heterocycles. The Hall–Kier alpha value is -2.10. The van der Waals surface area contributed by atoms with Crippen LogP contribution in [0, 0.1) is 6.92 Å². The van der Waals surface area contributed by atoms with Gasteiger partial charge in [0, 0.05) is 24.5 Å². The van der Waals surface area contributed by atoms with Gasteiger partial charge in [-0.3, -0.25) is 4.98 Å². The second-order valence-corrected chi connectivity index (χ2v) is 3.99. The van der Waals surface area contributed by atoms with E-state index in [1.807, 2.05) is 26.0 Å². The van der Waals surface area contributed by atoms with Gasteiger partial charge in [0.05, 0.1) is 7.11 Å². The van der Waals surface area contributed by atoms with Crippen LogP contribution in [-0.2, 0) is 0 Å². The highest BCUT2D eigenvalue weighted by Gasteiger charge is 2.12. The molecule has 4 heteroatoms. The highest BCUT2D eigenvalue weighted by atomic mass is 16.5. The minimum Gasteiger partial charge on any atom is -0.496 e. The van der Waals surface area contributed by atoms with Gasteiger partial charge in [-0.2, -0.15) is 0 Å². The lowest BCUT2D eigenvalue weighted by atomic mass is 10.1. The van der Waals surface area contributed by atoms with Crippen molar-refractivity contribution in [1.29, 1.82) is 0 Å². The summed E-state index contributed by atoms with van der Waals surface area (Å²) in [6, 6.07) is 6.03. The Kier molecular flexibility index (Phi) is 3.77. The molecule has 2 rings (SSSR count). The monoisotopic (exact) mass is 243 g/mol. The van der Waals surface area contributed by atoms with E-state index in [0.717, 1.165) is 29.4 Å². The molecule has 2 aromatic rings. The summed E-state index contributed by atoms with van der Waals surface area (Å²) in [7, 11) is 1.66. The van der Waals surface area contributed by atoms with Crippen molar-refractivity contribution in [3.05, 3.63) is 36.2 Å². The minimum absolute atomic E-state index is 0.781. The molecule has 0 atom stereocenters. The van der Waals surface area contributed by atoms with E-state index in [2.05, 4.69) is 21.4 Å². The van der Waals surface area contributed by atoms with Crippen LogP contribution in [0.2, 0.25) is 0 Å². The van der Waals surface area contributed by atoms with Gasteiger partial charge in [0.1, 0.15) is 11.4 Å². The molecule has 1 aromatic heterocycles. The van der Waals surface area contributed by atoms with Crippen LogP contribution in [0.1, 0.15) is 12.5 Å². The fraction of sp³-hybridized carbons (Fsp3) is 0.286. The summed E-state index contributed by atoms with van der Waals surface area (Å²) in [6.45, 7) is 4.89. The summed E-state index contributed by atoms with van der Waals surface area (Å²) in [5.41, 5.74) is 2.94. The van der Waals surface area contributed by atoms with Gasteiger partial charge in [-0.05, 0) is 26.0 Å². The SMILES string of the molecule is CCNc1nccnc1-c1cc(C)ccc1OC. The van der Waals surface area contributed by atoms with Gasteiger partial charge in [-0.25, -0.2) is 4.98 Å². The van der Waals surface area contributed by atoms with Crippen LogP contribution < -0.4 is 10.1 Å². The molecule has 0 fully saturated rings. The summed E-state index contributed by atoms with van der Waals surface area (Å²) in [5.74, 6) is 1.59. The maximum Gasteiger partial charge on any atom is 0.152 e. The number of ether oxygens (including phenoxy) is 1. The Bertz CT molecular complexity index is 540. The first kappa shape index (κ1) is 12.4. The van der Waals surface area contributed by atoms with Gasteiger partial charge in [0.2, 0.25) is 0 Å². The van der Waals surface area contributed by atoms with Gasteiger partial charge in [0.15, 0.2) is 5.82 Å². The molecule has 1 N–H and O–H groups in total. The molecule has 4 nitrogen and oxygen atoms in total. The Labute approximate surface area is 107 Å². The molecule has 94 valence electrons. The first-order valence-electron chi connectivity index (χ1n) is 5.96. The number of benzene rings is 1. The molecule has 0 aliphatic rings. The minimum atomic E-state index is 0.781. The molecule has 1 heterocycles. The first-order valence-corrected chi connectivity index (χ1v) is 5.96. The highest BCUT2D eigenvalue weighted by molar-refractivity contribution is 5.76. The normalized spacial score (nSPS) is 10.2. The lowest BCUT2D eigenvalue weighted by molar-refractivity contribution is 0.416. The fourth-order valence-corrected chi connectivity index (χ4v) is 1.84. The molecule has 0 spiro atoms. The van der Waals surface area contributed by atoms with E-state index in [1.54, 1.807) is 19.5 Å². The highest BCUT2D eigenvalue weighted by Crippen LogP contribution is 2.32. The Morgan fingerprint density at radius 1 is 1.22 bits per heavy atom. The number of hydrogen-bond donors (Lipinski definition) is 1. The number of methoxy groups -OCH3 is 1. The summed E-state index contributed by atoms with van der Waals surface area (Å²) in [6.07, 6.45) is 3.38. The van der Waals surface area contributed by atoms with Gasteiger partial charge in [0.25, 0.3) is 0 Å². The van der Waals surface area contributed by atoms with Gasteiger partial charge >= 0.3 is 0 Å². The van der Waals surface area contributed by atoms with E-state index in [0.29, 0.717) is 0 Å². The molecule has 0 saturated carbocycles. The average molecular weight is 243 g/mol. The third kappa shape index (κ3) is 2.42. The summed E-state index contributed by atoms with van der Waals surface area (Å²) >= 11 is 0. The zero-order chi connectivity index (χ0) is 13.0. The second kappa shape index (κ2) is 5.49. The van der Waals surface area contributed by atoms with Crippen molar-refractivity contribution >= 4 is 5.82 Å². The van der Waals surface area contributed by atoms with E-state index in [4.69, 9.17) is 4.74 Å². The van der Waals surface area contributed by atoms with E-state index in [-0.39, 0.29) is 0 Å². The summed E-state index contributed by atoms with van der Waals surface area (Å²) < 4.78 is 5.39. The largest absolute Gasteiger partial charge is 0.496 e. The lowest BCUT2D eigenvalue weighted by Gasteiger charge is -2.12. The van der Waals surface area contributed by atoms with Crippen molar-refractivity contribution in [3.8, 4) is 17.0 Å². The van der Waals surface area contributed by atoms with Crippen molar-refractivity contribution < 1.29 is 4.74 Å². The van der Waals surface area contributed by atoms with Gasteiger partial charge in [-0.1, -0.05) is 11.6 Å². The van der Waals surface area contributed by atoms with Gasteiger partial charge in [-0.15, -0.1) is 0 Å². The van der Waals surface area contributed by atoms with E-state index < -0.39 is 0 Å². The zero-order valence-corrected chi connectivity index (χ0v) is 10.9. The molecule has 0 bridgehead atoms. The van der Waals surface area contributed by atoms with Crippen LogP contribution in [0.3, 0.4) is 0 Å². The summed E-state index contributed by atoms with van der Waals surface area (Å²) in [5, 5.41) is 3.22. The van der Waals surface area contributed by atoms with Crippen LogP contribution in [-0.4, -0.2) is 23.6 Å². The smallest absolute Gasteiger partial charge is 0.152 e. The molecule has 18 heavy (non-hydrogen) atoms. The predicted octanol–water partition coefficient (Wildman–Crippen LogP) is 2.89. The van der Waals surface area contributed by atoms with Crippen molar-refractivity contribution in [2.24, 2.45) is 0 Å². The predicted molar refractivity (Wildman–Crippen MR) is 72.9 cm³/mol. The van der Waals surface area contributed by atoms with E-state index in [1.165, 1.54) is 5.56 Å².